The second kappa shape index (κ2) is 8.86. The summed E-state index contributed by atoms with van der Waals surface area (Å²) in [6.45, 7) is 6.05. The van der Waals surface area contributed by atoms with Crippen LogP contribution in [-0.2, 0) is 9.59 Å². The number of hydrogen-bond donors (Lipinski definition) is 2. The molecular weight excluding hydrogens is 422 g/mol. The zero-order valence-corrected chi connectivity index (χ0v) is 18.7. The molecule has 1 unspecified atom stereocenters. The summed E-state index contributed by atoms with van der Waals surface area (Å²) in [5, 5.41) is 21.7. The number of carbonyl (C=O) groups excluding carboxylic acids is 2. The molecule has 2 N–H and O–H groups in total. The molecule has 1 fully saturated rings. The van der Waals surface area contributed by atoms with Crippen molar-refractivity contribution in [3.05, 3.63) is 82.8 Å². The number of hydrogen-bond acceptors (Lipinski definition) is 6. The van der Waals surface area contributed by atoms with Crippen molar-refractivity contribution in [2.75, 3.05) is 11.5 Å². The molecule has 0 saturated carbocycles. The quantitative estimate of drug-likeness (QED) is 0.313. The van der Waals surface area contributed by atoms with Crippen LogP contribution < -0.4 is 9.64 Å². The molecule has 4 rings (SSSR count). The van der Waals surface area contributed by atoms with Gasteiger partial charge in [-0.15, -0.1) is 0 Å². The number of amides is 1. The number of ether oxygens (including phenoxy) is 1. The van der Waals surface area contributed by atoms with Crippen molar-refractivity contribution in [1.29, 1.82) is 0 Å². The van der Waals surface area contributed by atoms with Crippen LogP contribution in [0.1, 0.15) is 42.0 Å². The van der Waals surface area contributed by atoms with Gasteiger partial charge >= 0.3 is 0 Å². The van der Waals surface area contributed by atoms with Gasteiger partial charge in [0, 0.05) is 5.56 Å². The van der Waals surface area contributed by atoms with E-state index in [2.05, 4.69) is 0 Å². The molecule has 33 heavy (non-hydrogen) atoms. The number of furan rings is 1. The Morgan fingerprint density at radius 2 is 1.88 bits per heavy atom. The predicted molar refractivity (Wildman–Crippen MR) is 123 cm³/mol. The van der Waals surface area contributed by atoms with Crippen molar-refractivity contribution >= 4 is 23.1 Å². The summed E-state index contributed by atoms with van der Waals surface area (Å²) < 4.78 is 11.4. The Balaban J connectivity index is 1.90. The van der Waals surface area contributed by atoms with E-state index in [-0.39, 0.29) is 22.8 Å². The molecule has 1 aliphatic rings. The maximum absolute atomic E-state index is 13.2. The number of benzene rings is 2. The molecule has 0 radical (unpaired) electrons. The molecule has 170 valence electrons. The minimum atomic E-state index is -1.05. The number of carbonyl (C=O) groups is 2. The predicted octanol–water partition coefficient (Wildman–Crippen LogP) is 5.02. The van der Waals surface area contributed by atoms with E-state index in [4.69, 9.17) is 9.15 Å². The highest BCUT2D eigenvalue weighted by Gasteiger charge is 2.49. The molecule has 1 aliphatic heterocycles. The first-order valence-corrected chi connectivity index (χ1v) is 10.7. The molecule has 7 heteroatoms. The van der Waals surface area contributed by atoms with Crippen molar-refractivity contribution < 1.29 is 29.0 Å². The zero-order valence-electron chi connectivity index (χ0n) is 18.7. The number of nitrogens with zero attached hydrogens (tertiary/aromatic N) is 1. The third-order valence-corrected chi connectivity index (χ3v) is 5.45. The topological polar surface area (TPSA) is 100 Å². The van der Waals surface area contributed by atoms with Crippen molar-refractivity contribution in [3.8, 4) is 11.5 Å². The summed E-state index contributed by atoms with van der Waals surface area (Å²) in [6, 6.07) is 13.8. The minimum Gasteiger partial charge on any atom is -0.507 e. The third-order valence-electron chi connectivity index (χ3n) is 5.45. The number of Topliss-reactive ketones (excluding diaryl/α,β-unsaturated/α-hetero) is 1. The van der Waals surface area contributed by atoms with Crippen molar-refractivity contribution in [2.24, 2.45) is 0 Å². The Bertz CT molecular complexity index is 1260. The van der Waals surface area contributed by atoms with Crippen LogP contribution in [0.5, 0.6) is 11.5 Å². The number of rotatable bonds is 6. The van der Waals surface area contributed by atoms with Gasteiger partial charge in [-0.1, -0.05) is 25.1 Å². The second-order valence-corrected chi connectivity index (χ2v) is 7.99. The summed E-state index contributed by atoms with van der Waals surface area (Å²) >= 11 is 0. The number of phenols is 1. The fraction of sp³-hybridized carbons (Fsp3) is 0.231. The van der Waals surface area contributed by atoms with Crippen molar-refractivity contribution in [1.82, 2.24) is 0 Å². The Hall–Kier alpha value is -4.00. The zero-order chi connectivity index (χ0) is 23.7. The number of aliphatic hydroxyl groups excluding tert-OH is 1. The van der Waals surface area contributed by atoms with Gasteiger partial charge in [0.25, 0.3) is 11.7 Å². The summed E-state index contributed by atoms with van der Waals surface area (Å²) in [4.78, 5) is 27.5. The molecule has 2 heterocycles. The van der Waals surface area contributed by atoms with Crippen molar-refractivity contribution in [2.45, 2.75) is 33.2 Å². The normalized spacial score (nSPS) is 17.5. The van der Waals surface area contributed by atoms with Crippen LogP contribution in [0.25, 0.3) is 5.76 Å². The van der Waals surface area contributed by atoms with E-state index < -0.39 is 17.7 Å². The van der Waals surface area contributed by atoms with E-state index >= 15 is 0 Å². The van der Waals surface area contributed by atoms with Gasteiger partial charge in [-0.25, -0.2) is 0 Å². The molecular formula is C26H25NO6. The van der Waals surface area contributed by atoms with Crippen LogP contribution in [0.3, 0.4) is 0 Å². The van der Waals surface area contributed by atoms with Crippen LogP contribution in [0.15, 0.2) is 64.6 Å². The van der Waals surface area contributed by atoms with E-state index in [0.29, 0.717) is 29.4 Å². The molecule has 0 aliphatic carbocycles. The monoisotopic (exact) mass is 447 g/mol. The molecule has 3 aromatic rings. The van der Waals surface area contributed by atoms with Crippen LogP contribution in [0.2, 0.25) is 0 Å². The van der Waals surface area contributed by atoms with Crippen LogP contribution in [0, 0.1) is 13.8 Å². The summed E-state index contributed by atoms with van der Waals surface area (Å²) in [5.41, 5.74) is 1.17. The van der Waals surface area contributed by atoms with Gasteiger partial charge in [-0.2, -0.15) is 0 Å². The van der Waals surface area contributed by atoms with E-state index in [1.807, 2.05) is 13.8 Å². The average molecular weight is 447 g/mol. The smallest absolute Gasteiger partial charge is 0.300 e. The van der Waals surface area contributed by atoms with Crippen LogP contribution >= 0.6 is 0 Å². The largest absolute Gasteiger partial charge is 0.507 e. The lowest BCUT2D eigenvalue weighted by atomic mass is 9.99. The maximum Gasteiger partial charge on any atom is 0.300 e. The lowest BCUT2D eigenvalue weighted by Crippen LogP contribution is -2.29. The lowest BCUT2D eigenvalue weighted by molar-refractivity contribution is -0.132. The van der Waals surface area contributed by atoms with Gasteiger partial charge in [0.15, 0.2) is 0 Å². The molecule has 0 bridgehead atoms. The number of anilines is 1. The fourth-order valence-electron chi connectivity index (χ4n) is 3.89. The van der Waals surface area contributed by atoms with E-state index in [0.717, 1.165) is 12.0 Å². The SMILES string of the molecule is CCCOc1cccc(/C(O)=C2/C(=O)C(=O)N(c3cc(C)ccc3O)C2c2ccc(C)o2)c1. The first-order chi connectivity index (χ1) is 15.8. The van der Waals surface area contributed by atoms with Gasteiger partial charge in [-0.3, -0.25) is 14.5 Å². The second-order valence-electron chi connectivity index (χ2n) is 7.99. The lowest BCUT2D eigenvalue weighted by Gasteiger charge is -2.24. The highest BCUT2D eigenvalue weighted by molar-refractivity contribution is 6.51. The van der Waals surface area contributed by atoms with Gasteiger partial charge in [-0.05, 0) is 62.2 Å². The molecule has 1 saturated heterocycles. The molecule has 0 spiro atoms. The Morgan fingerprint density at radius 3 is 2.58 bits per heavy atom. The Morgan fingerprint density at radius 1 is 1.09 bits per heavy atom. The van der Waals surface area contributed by atoms with E-state index in [9.17, 15) is 19.8 Å². The fourth-order valence-corrected chi connectivity index (χ4v) is 3.89. The van der Waals surface area contributed by atoms with Gasteiger partial charge in [0.1, 0.15) is 34.8 Å². The van der Waals surface area contributed by atoms with Crippen LogP contribution in [-0.4, -0.2) is 28.5 Å². The molecule has 1 atom stereocenters. The summed E-state index contributed by atoms with van der Waals surface area (Å²) in [5.74, 6) is -0.819. The maximum atomic E-state index is 13.2. The van der Waals surface area contributed by atoms with E-state index in [1.54, 1.807) is 55.5 Å². The first kappa shape index (κ1) is 22.2. The highest BCUT2D eigenvalue weighted by atomic mass is 16.5. The summed E-state index contributed by atoms with van der Waals surface area (Å²) in [6.07, 6.45) is 0.819. The summed E-state index contributed by atoms with van der Waals surface area (Å²) in [7, 11) is 0. The Labute approximate surface area is 191 Å². The number of aryl methyl sites for hydroxylation is 2. The molecule has 1 amide bonds. The Kier molecular flexibility index (Phi) is 5.96. The van der Waals surface area contributed by atoms with Gasteiger partial charge in [0.2, 0.25) is 0 Å². The third kappa shape index (κ3) is 4.09. The standard InChI is InChI=1S/C26H25NO6/c1-4-12-32-18-7-5-6-17(14-18)24(29)22-23(21-11-9-16(3)33-21)27(26(31)25(22)30)19-13-15(2)8-10-20(19)28/h5-11,13-14,23,28-29H,4,12H2,1-3H3/b24-22-. The van der Waals surface area contributed by atoms with Crippen molar-refractivity contribution in [3.63, 3.8) is 0 Å². The van der Waals surface area contributed by atoms with Crippen LogP contribution in [0.4, 0.5) is 5.69 Å². The van der Waals surface area contributed by atoms with Gasteiger partial charge < -0.3 is 19.4 Å². The van der Waals surface area contributed by atoms with Gasteiger partial charge in [0.05, 0.1) is 17.9 Å². The van der Waals surface area contributed by atoms with E-state index in [1.165, 1.54) is 11.0 Å². The highest BCUT2D eigenvalue weighted by Crippen LogP contribution is 2.45. The number of ketones is 1. The molecule has 2 aromatic carbocycles. The molecule has 1 aromatic heterocycles. The average Bonchev–Trinajstić information content (AvgIpc) is 3.34. The number of aliphatic hydroxyl groups is 1. The number of phenolic OH excluding ortho intramolecular Hbond substituents is 1. The first-order valence-electron chi connectivity index (χ1n) is 10.7. The molecule has 7 nitrogen and oxygen atoms in total. The number of aromatic hydroxyl groups is 1. The minimum absolute atomic E-state index is 0.122.